The van der Waals surface area contributed by atoms with Crippen molar-refractivity contribution in [3.05, 3.63) is 12.4 Å². The summed E-state index contributed by atoms with van der Waals surface area (Å²) in [5, 5.41) is 14.8. The van der Waals surface area contributed by atoms with E-state index in [-0.39, 0.29) is 5.54 Å². The average molecular weight is 255 g/mol. The van der Waals surface area contributed by atoms with Crippen molar-refractivity contribution >= 4 is 23.1 Å². The van der Waals surface area contributed by atoms with E-state index in [1.807, 2.05) is 0 Å². The van der Waals surface area contributed by atoms with Gasteiger partial charge >= 0.3 is 0 Å². The number of nitrogens with one attached hydrogen (secondary N) is 1. The third kappa shape index (κ3) is 2.17. The fourth-order valence-electron chi connectivity index (χ4n) is 1.68. The van der Waals surface area contributed by atoms with Crippen LogP contribution in [0.5, 0.6) is 0 Å². The summed E-state index contributed by atoms with van der Waals surface area (Å²) in [5.41, 5.74) is 0.467. The zero-order chi connectivity index (χ0) is 12.3. The standard InChI is InChI=1S/C10H15ClN6/c1-3-10(4-2,7-11)13-8-5-12-6-9-14-15-16-17(8)9/h5-6,13H,3-4,7H2,1-2H3. The number of aromatic nitrogens is 5. The van der Waals surface area contributed by atoms with E-state index in [0.717, 1.165) is 18.7 Å². The molecular weight excluding hydrogens is 240 g/mol. The molecule has 17 heavy (non-hydrogen) atoms. The normalized spacial score (nSPS) is 11.9. The molecule has 0 amide bonds. The van der Waals surface area contributed by atoms with Gasteiger partial charge in [-0.25, -0.2) is 0 Å². The molecule has 0 bridgehead atoms. The molecule has 1 N–H and O–H groups in total. The van der Waals surface area contributed by atoms with Gasteiger partial charge in [-0.2, -0.15) is 4.52 Å². The van der Waals surface area contributed by atoms with Gasteiger partial charge in [0.05, 0.1) is 17.9 Å². The van der Waals surface area contributed by atoms with Crippen molar-refractivity contribution in [1.29, 1.82) is 0 Å². The van der Waals surface area contributed by atoms with Crippen molar-refractivity contribution in [3.8, 4) is 0 Å². The summed E-state index contributed by atoms with van der Waals surface area (Å²) in [6.07, 6.45) is 5.17. The second-order valence-corrected chi connectivity index (χ2v) is 4.25. The third-order valence-electron chi connectivity index (χ3n) is 3.11. The lowest BCUT2D eigenvalue weighted by Gasteiger charge is -2.31. The van der Waals surface area contributed by atoms with Gasteiger partial charge in [0, 0.05) is 5.88 Å². The van der Waals surface area contributed by atoms with E-state index >= 15 is 0 Å². The molecule has 0 spiro atoms. The maximum atomic E-state index is 6.06. The number of anilines is 1. The van der Waals surface area contributed by atoms with E-state index in [1.54, 1.807) is 16.9 Å². The molecule has 0 saturated carbocycles. The van der Waals surface area contributed by atoms with Gasteiger partial charge in [0.25, 0.3) is 0 Å². The molecule has 2 aromatic rings. The van der Waals surface area contributed by atoms with Crippen LogP contribution in [0.25, 0.3) is 5.65 Å². The molecule has 0 aliphatic carbocycles. The van der Waals surface area contributed by atoms with E-state index < -0.39 is 0 Å². The zero-order valence-electron chi connectivity index (χ0n) is 9.89. The quantitative estimate of drug-likeness (QED) is 0.823. The summed E-state index contributed by atoms with van der Waals surface area (Å²) in [7, 11) is 0. The summed E-state index contributed by atoms with van der Waals surface area (Å²) >= 11 is 6.06. The minimum absolute atomic E-state index is 0.149. The van der Waals surface area contributed by atoms with Gasteiger partial charge in [-0.05, 0) is 23.3 Å². The van der Waals surface area contributed by atoms with Crippen LogP contribution in [0.4, 0.5) is 5.82 Å². The Labute approximate surface area is 104 Å². The average Bonchev–Trinajstić information content (AvgIpc) is 2.85. The maximum Gasteiger partial charge on any atom is 0.199 e. The molecule has 92 valence electrons. The fraction of sp³-hybridized carbons (Fsp3) is 0.600. The minimum atomic E-state index is -0.149. The van der Waals surface area contributed by atoms with Crippen LogP contribution in [0, 0.1) is 0 Å². The van der Waals surface area contributed by atoms with Crippen LogP contribution in [0.1, 0.15) is 26.7 Å². The van der Waals surface area contributed by atoms with E-state index in [1.165, 1.54) is 0 Å². The zero-order valence-corrected chi connectivity index (χ0v) is 10.6. The number of rotatable bonds is 5. The summed E-state index contributed by atoms with van der Waals surface area (Å²) in [5.74, 6) is 1.29. The predicted molar refractivity (Wildman–Crippen MR) is 66.2 cm³/mol. The number of hydrogen-bond donors (Lipinski definition) is 1. The second kappa shape index (κ2) is 4.83. The Morgan fingerprint density at radius 3 is 2.76 bits per heavy atom. The second-order valence-electron chi connectivity index (χ2n) is 3.99. The highest BCUT2D eigenvalue weighted by Gasteiger charge is 2.25. The van der Waals surface area contributed by atoms with E-state index in [9.17, 15) is 0 Å². The molecular formula is C10H15ClN6. The molecule has 0 unspecified atom stereocenters. The summed E-state index contributed by atoms with van der Waals surface area (Å²) < 4.78 is 1.62. The number of nitrogens with zero attached hydrogens (tertiary/aromatic N) is 5. The van der Waals surface area contributed by atoms with Crippen molar-refractivity contribution in [2.45, 2.75) is 32.2 Å². The molecule has 0 aliphatic heterocycles. The Balaban J connectivity index is 2.37. The highest BCUT2D eigenvalue weighted by atomic mass is 35.5. The monoisotopic (exact) mass is 254 g/mol. The van der Waals surface area contributed by atoms with Gasteiger partial charge in [-0.3, -0.25) is 4.98 Å². The number of tetrazole rings is 1. The van der Waals surface area contributed by atoms with Crippen LogP contribution in [0.15, 0.2) is 12.4 Å². The molecule has 2 rings (SSSR count). The summed E-state index contributed by atoms with van der Waals surface area (Å²) in [4.78, 5) is 4.10. The van der Waals surface area contributed by atoms with Crippen LogP contribution >= 0.6 is 11.6 Å². The first-order chi connectivity index (χ1) is 8.24. The van der Waals surface area contributed by atoms with Gasteiger partial charge in [0.15, 0.2) is 11.5 Å². The van der Waals surface area contributed by atoms with Crippen molar-refractivity contribution in [2.75, 3.05) is 11.2 Å². The van der Waals surface area contributed by atoms with Crippen LogP contribution < -0.4 is 5.32 Å². The Hall–Kier alpha value is -1.43. The lowest BCUT2D eigenvalue weighted by Crippen LogP contribution is -2.39. The van der Waals surface area contributed by atoms with Gasteiger partial charge in [0.1, 0.15) is 0 Å². The summed E-state index contributed by atoms with van der Waals surface area (Å²) in [6, 6.07) is 0. The molecule has 0 atom stereocenters. The lowest BCUT2D eigenvalue weighted by molar-refractivity contribution is 0.480. The third-order valence-corrected chi connectivity index (χ3v) is 3.62. The number of alkyl halides is 1. The van der Waals surface area contributed by atoms with Crippen molar-refractivity contribution in [2.24, 2.45) is 0 Å². The smallest absolute Gasteiger partial charge is 0.199 e. The van der Waals surface area contributed by atoms with Crippen molar-refractivity contribution < 1.29 is 0 Å². The van der Waals surface area contributed by atoms with Crippen LogP contribution in [0.3, 0.4) is 0 Å². The van der Waals surface area contributed by atoms with Crippen LogP contribution in [-0.4, -0.2) is 36.4 Å². The Morgan fingerprint density at radius 2 is 2.12 bits per heavy atom. The van der Waals surface area contributed by atoms with Crippen LogP contribution in [-0.2, 0) is 0 Å². The van der Waals surface area contributed by atoms with Gasteiger partial charge in [0.2, 0.25) is 0 Å². The van der Waals surface area contributed by atoms with Crippen LogP contribution in [0.2, 0.25) is 0 Å². The molecule has 2 heterocycles. The van der Waals surface area contributed by atoms with Crippen molar-refractivity contribution in [3.63, 3.8) is 0 Å². The first kappa shape index (κ1) is 12.0. The van der Waals surface area contributed by atoms with E-state index in [0.29, 0.717) is 11.5 Å². The lowest BCUT2D eigenvalue weighted by atomic mass is 9.95. The Bertz CT molecular complexity index is 484. The summed E-state index contributed by atoms with van der Waals surface area (Å²) in [6.45, 7) is 4.21. The molecule has 6 nitrogen and oxygen atoms in total. The molecule has 0 aliphatic rings. The van der Waals surface area contributed by atoms with Gasteiger partial charge in [-0.1, -0.05) is 13.8 Å². The van der Waals surface area contributed by atoms with Gasteiger partial charge in [-0.15, -0.1) is 16.7 Å². The molecule has 0 saturated heterocycles. The Kier molecular flexibility index (Phi) is 3.42. The van der Waals surface area contributed by atoms with E-state index in [2.05, 4.69) is 39.7 Å². The van der Waals surface area contributed by atoms with Crippen molar-refractivity contribution in [1.82, 2.24) is 25.0 Å². The SMILES string of the molecule is CCC(CC)(CCl)Nc1cncc2nnnn12. The largest absolute Gasteiger partial charge is 0.362 e. The fourth-order valence-corrected chi connectivity index (χ4v) is 2.13. The van der Waals surface area contributed by atoms with Gasteiger partial charge < -0.3 is 5.32 Å². The topological polar surface area (TPSA) is 68.0 Å². The molecule has 0 aromatic carbocycles. The Morgan fingerprint density at radius 1 is 1.35 bits per heavy atom. The predicted octanol–water partition coefficient (Wildman–Crippen LogP) is 1.73. The molecule has 0 fully saturated rings. The molecule has 0 radical (unpaired) electrons. The minimum Gasteiger partial charge on any atom is -0.362 e. The number of fused-ring (bicyclic) bond motifs is 1. The highest BCUT2D eigenvalue weighted by Crippen LogP contribution is 2.23. The molecule has 2 aromatic heterocycles. The van der Waals surface area contributed by atoms with E-state index in [4.69, 9.17) is 11.6 Å². The molecule has 7 heteroatoms. The number of hydrogen-bond acceptors (Lipinski definition) is 5. The first-order valence-electron chi connectivity index (χ1n) is 5.61. The number of halogens is 1. The maximum absolute atomic E-state index is 6.06. The first-order valence-corrected chi connectivity index (χ1v) is 6.14. The highest BCUT2D eigenvalue weighted by molar-refractivity contribution is 6.18.